The Labute approximate surface area is 84.5 Å². The highest BCUT2D eigenvalue weighted by Crippen LogP contribution is 2.51. The summed E-state index contributed by atoms with van der Waals surface area (Å²) < 4.78 is 1.24. The summed E-state index contributed by atoms with van der Waals surface area (Å²) in [5, 5.41) is 0. The molecule has 0 bridgehead atoms. The Bertz CT molecular complexity index is 263. The van der Waals surface area contributed by atoms with Gasteiger partial charge in [0.2, 0.25) is 0 Å². The molecule has 0 aliphatic heterocycles. The summed E-state index contributed by atoms with van der Waals surface area (Å²) in [5.41, 5.74) is 0.458. The van der Waals surface area contributed by atoms with E-state index in [4.69, 9.17) is 0 Å². The molecule has 1 saturated carbocycles. The first-order valence-corrected chi connectivity index (χ1v) is 5.88. The topological polar surface area (TPSA) is 0 Å². The number of thiol groups is 1. The summed E-state index contributed by atoms with van der Waals surface area (Å²) in [7, 11) is 0. The highest BCUT2D eigenvalue weighted by molar-refractivity contribution is 9.11. The molecule has 0 amide bonds. The van der Waals surface area contributed by atoms with Gasteiger partial charge >= 0.3 is 0 Å². The molecule has 0 nitrogen and oxygen atoms in total. The van der Waals surface area contributed by atoms with Crippen LogP contribution in [0.25, 0.3) is 0 Å². The van der Waals surface area contributed by atoms with Gasteiger partial charge in [0.1, 0.15) is 0 Å². The summed E-state index contributed by atoms with van der Waals surface area (Å²) in [6, 6.07) is 4.35. The van der Waals surface area contributed by atoms with Crippen molar-refractivity contribution in [2.75, 3.05) is 5.75 Å². The molecule has 1 aliphatic rings. The van der Waals surface area contributed by atoms with E-state index >= 15 is 0 Å². The van der Waals surface area contributed by atoms with Gasteiger partial charge in [0, 0.05) is 16.0 Å². The summed E-state index contributed by atoms with van der Waals surface area (Å²) >= 11 is 9.70. The number of hydrogen-bond donors (Lipinski definition) is 1. The van der Waals surface area contributed by atoms with Gasteiger partial charge in [0.25, 0.3) is 0 Å². The zero-order valence-corrected chi connectivity index (χ0v) is 9.31. The fraction of sp³-hybridized carbons (Fsp3) is 0.500. The van der Waals surface area contributed by atoms with Crippen LogP contribution in [0, 0.1) is 0 Å². The molecule has 60 valence electrons. The average Bonchev–Trinajstić information content (AvgIpc) is 2.70. The van der Waals surface area contributed by atoms with Crippen LogP contribution in [-0.4, -0.2) is 5.75 Å². The molecule has 0 atom stereocenters. The number of rotatable bonds is 2. The average molecular weight is 249 g/mol. The maximum absolute atomic E-state index is 4.38. The Morgan fingerprint density at radius 1 is 1.55 bits per heavy atom. The van der Waals surface area contributed by atoms with Crippen molar-refractivity contribution in [3.05, 3.63) is 20.8 Å². The second-order valence-electron chi connectivity index (χ2n) is 3.04. The molecule has 0 saturated heterocycles. The van der Waals surface area contributed by atoms with E-state index < -0.39 is 0 Å². The van der Waals surface area contributed by atoms with E-state index in [1.54, 1.807) is 0 Å². The molecule has 1 aliphatic carbocycles. The molecule has 1 aromatic rings. The van der Waals surface area contributed by atoms with Gasteiger partial charge in [-0.15, -0.1) is 11.3 Å². The third-order valence-corrected chi connectivity index (χ3v) is 4.73. The van der Waals surface area contributed by atoms with E-state index in [2.05, 4.69) is 40.7 Å². The van der Waals surface area contributed by atoms with Crippen LogP contribution >= 0.6 is 39.9 Å². The van der Waals surface area contributed by atoms with Crippen LogP contribution < -0.4 is 0 Å². The van der Waals surface area contributed by atoms with E-state index in [-0.39, 0.29) is 0 Å². The van der Waals surface area contributed by atoms with E-state index in [9.17, 15) is 0 Å². The molecule has 2 rings (SSSR count). The summed E-state index contributed by atoms with van der Waals surface area (Å²) in [4.78, 5) is 1.50. The zero-order valence-electron chi connectivity index (χ0n) is 6.01. The summed E-state index contributed by atoms with van der Waals surface area (Å²) in [6.07, 6.45) is 2.65. The predicted octanol–water partition coefficient (Wildman–Crippen LogP) is 3.47. The van der Waals surface area contributed by atoms with Gasteiger partial charge in [-0.05, 0) is 40.9 Å². The number of hydrogen-bond acceptors (Lipinski definition) is 2. The van der Waals surface area contributed by atoms with Gasteiger partial charge in [-0.25, -0.2) is 0 Å². The largest absolute Gasteiger partial charge is 0.178 e. The zero-order chi connectivity index (χ0) is 7.90. The molecule has 11 heavy (non-hydrogen) atoms. The van der Waals surface area contributed by atoms with Crippen molar-refractivity contribution in [1.29, 1.82) is 0 Å². The van der Waals surface area contributed by atoms with Crippen molar-refractivity contribution in [2.24, 2.45) is 0 Å². The Balaban J connectivity index is 2.29. The van der Waals surface area contributed by atoms with E-state index in [1.807, 2.05) is 11.3 Å². The monoisotopic (exact) mass is 248 g/mol. The fourth-order valence-electron chi connectivity index (χ4n) is 1.23. The van der Waals surface area contributed by atoms with E-state index in [0.29, 0.717) is 5.41 Å². The van der Waals surface area contributed by atoms with E-state index in [0.717, 1.165) is 5.75 Å². The Morgan fingerprint density at radius 3 is 2.64 bits per heavy atom. The highest BCUT2D eigenvalue weighted by atomic mass is 79.9. The molecule has 1 heterocycles. The van der Waals surface area contributed by atoms with E-state index in [1.165, 1.54) is 21.5 Å². The molecule has 0 radical (unpaired) electrons. The van der Waals surface area contributed by atoms with Crippen LogP contribution in [0.1, 0.15) is 17.7 Å². The van der Waals surface area contributed by atoms with Gasteiger partial charge in [0.05, 0.1) is 3.79 Å². The Kier molecular flexibility index (Phi) is 2.06. The second kappa shape index (κ2) is 2.79. The normalized spacial score (nSPS) is 20.2. The molecular formula is C8H9BrS2. The standard InChI is InChI=1S/C8H9BrS2/c9-7-2-1-6(11-7)8(5-10)3-4-8/h1-2,10H,3-5H2. The number of halogens is 1. The van der Waals surface area contributed by atoms with Gasteiger partial charge in [-0.3, -0.25) is 0 Å². The van der Waals surface area contributed by atoms with Crippen molar-refractivity contribution in [3.8, 4) is 0 Å². The molecule has 0 N–H and O–H groups in total. The first-order valence-electron chi connectivity index (χ1n) is 3.63. The van der Waals surface area contributed by atoms with Crippen LogP contribution in [-0.2, 0) is 5.41 Å². The minimum absolute atomic E-state index is 0.458. The molecule has 0 aromatic carbocycles. The second-order valence-corrected chi connectivity index (χ2v) is 5.82. The summed E-state index contributed by atoms with van der Waals surface area (Å²) in [5.74, 6) is 1.000. The van der Waals surface area contributed by atoms with Crippen molar-refractivity contribution >= 4 is 39.9 Å². The third-order valence-electron chi connectivity index (χ3n) is 2.25. The molecule has 1 fully saturated rings. The first-order chi connectivity index (χ1) is 5.27. The lowest BCUT2D eigenvalue weighted by Gasteiger charge is -2.07. The van der Waals surface area contributed by atoms with Crippen LogP contribution in [0.2, 0.25) is 0 Å². The lowest BCUT2D eigenvalue weighted by molar-refractivity contribution is 0.828. The lowest BCUT2D eigenvalue weighted by Crippen LogP contribution is -2.04. The summed E-state index contributed by atoms with van der Waals surface area (Å²) in [6.45, 7) is 0. The van der Waals surface area contributed by atoms with Crippen LogP contribution in [0.5, 0.6) is 0 Å². The quantitative estimate of drug-likeness (QED) is 0.762. The minimum atomic E-state index is 0.458. The van der Waals surface area contributed by atoms with Crippen molar-refractivity contribution in [3.63, 3.8) is 0 Å². The maximum Gasteiger partial charge on any atom is 0.0701 e. The first kappa shape index (κ1) is 8.14. The smallest absolute Gasteiger partial charge is 0.0701 e. The highest BCUT2D eigenvalue weighted by Gasteiger charge is 2.43. The number of thiophene rings is 1. The van der Waals surface area contributed by atoms with Crippen LogP contribution in [0.3, 0.4) is 0 Å². The Morgan fingerprint density at radius 2 is 2.27 bits per heavy atom. The van der Waals surface area contributed by atoms with Crippen LogP contribution in [0.15, 0.2) is 15.9 Å². The van der Waals surface area contributed by atoms with Gasteiger partial charge in [-0.1, -0.05) is 0 Å². The van der Waals surface area contributed by atoms with Crippen molar-refractivity contribution in [1.82, 2.24) is 0 Å². The van der Waals surface area contributed by atoms with Crippen molar-refractivity contribution < 1.29 is 0 Å². The molecule has 1 aromatic heterocycles. The van der Waals surface area contributed by atoms with Crippen molar-refractivity contribution in [2.45, 2.75) is 18.3 Å². The minimum Gasteiger partial charge on any atom is -0.178 e. The van der Waals surface area contributed by atoms with Gasteiger partial charge in [0.15, 0.2) is 0 Å². The lowest BCUT2D eigenvalue weighted by atomic mass is 10.1. The molecular weight excluding hydrogens is 240 g/mol. The molecule has 0 spiro atoms. The fourth-order valence-corrected chi connectivity index (χ4v) is 3.46. The maximum atomic E-state index is 4.38. The Hall–Kier alpha value is 0.530. The van der Waals surface area contributed by atoms with Crippen LogP contribution in [0.4, 0.5) is 0 Å². The third kappa shape index (κ3) is 1.38. The predicted molar refractivity (Wildman–Crippen MR) is 56.8 cm³/mol. The molecule has 0 unspecified atom stereocenters. The molecule has 3 heteroatoms. The SMILES string of the molecule is SCC1(c2ccc(Br)s2)CC1. The van der Waals surface area contributed by atoms with Gasteiger partial charge < -0.3 is 0 Å². The van der Waals surface area contributed by atoms with Gasteiger partial charge in [-0.2, -0.15) is 12.6 Å².